The summed E-state index contributed by atoms with van der Waals surface area (Å²) in [5.74, 6) is 0.748. The summed E-state index contributed by atoms with van der Waals surface area (Å²) in [5.41, 5.74) is 0.814. The zero-order valence-electron chi connectivity index (χ0n) is 9.25. The van der Waals surface area contributed by atoms with Crippen LogP contribution in [0.4, 0.5) is 5.95 Å². The second-order valence-corrected chi connectivity index (χ2v) is 4.55. The lowest BCUT2D eigenvalue weighted by atomic mass is 10.4. The maximum absolute atomic E-state index is 4.28. The van der Waals surface area contributed by atoms with E-state index in [-0.39, 0.29) is 0 Å². The first-order valence-electron chi connectivity index (χ1n) is 5.09. The number of nitrogens with zero attached hydrogens (tertiary/aromatic N) is 5. The zero-order chi connectivity index (χ0) is 12.3. The smallest absolute Gasteiger partial charge is 0.230 e. The van der Waals surface area contributed by atoms with Crippen LogP contribution in [0.25, 0.3) is 5.65 Å². The summed E-state index contributed by atoms with van der Waals surface area (Å²) in [6.45, 7) is 8.86. The van der Waals surface area contributed by atoms with Gasteiger partial charge in [-0.3, -0.25) is 0 Å². The molecule has 2 heterocycles. The molecule has 0 fully saturated rings. The van der Waals surface area contributed by atoms with E-state index in [0.717, 1.165) is 15.2 Å². The average Bonchev–Trinajstić information content (AvgIpc) is 2.71. The lowest BCUT2D eigenvalue weighted by Crippen LogP contribution is -2.27. The molecule has 5 nitrogen and oxygen atoms in total. The van der Waals surface area contributed by atoms with E-state index in [9.17, 15) is 0 Å². The molecule has 2 rings (SSSR count). The van der Waals surface area contributed by atoms with E-state index in [2.05, 4.69) is 50.8 Å². The largest absolute Gasteiger partial charge is 0.333 e. The summed E-state index contributed by atoms with van der Waals surface area (Å²) in [4.78, 5) is 10.5. The number of fused-ring (bicyclic) bond motifs is 1. The lowest BCUT2D eigenvalue weighted by Gasteiger charge is -2.20. The van der Waals surface area contributed by atoms with Crippen LogP contribution in [0.3, 0.4) is 0 Å². The third-order valence-electron chi connectivity index (χ3n) is 2.23. The van der Waals surface area contributed by atoms with E-state index in [4.69, 9.17) is 0 Å². The fourth-order valence-electron chi connectivity index (χ4n) is 1.54. The first-order chi connectivity index (χ1) is 8.27. The number of anilines is 1. The molecule has 0 spiro atoms. The molecule has 2 aromatic rings. The number of hydrogen-bond acceptors (Lipinski definition) is 4. The highest BCUT2D eigenvalue weighted by Crippen LogP contribution is 2.16. The summed E-state index contributed by atoms with van der Waals surface area (Å²) in [7, 11) is 0. The Morgan fingerprint density at radius 1 is 1.29 bits per heavy atom. The number of hydrogen-bond donors (Lipinski definition) is 0. The van der Waals surface area contributed by atoms with Gasteiger partial charge in [0.15, 0.2) is 5.65 Å². The molecule has 0 unspecified atom stereocenters. The Kier molecular flexibility index (Phi) is 3.72. The zero-order valence-corrected chi connectivity index (χ0v) is 11.4. The standard InChI is InChI=1S/C11H12IN5/c1-3-5-16(6-4-2)11-14-8-13-10-9(12)7-15-17(10)11/h3-4,7-8H,1-2,5-6H2. The van der Waals surface area contributed by atoms with E-state index in [0.29, 0.717) is 13.1 Å². The number of halogens is 1. The van der Waals surface area contributed by atoms with E-state index < -0.39 is 0 Å². The van der Waals surface area contributed by atoms with Crippen molar-refractivity contribution in [2.24, 2.45) is 0 Å². The summed E-state index contributed by atoms with van der Waals surface area (Å²) >= 11 is 2.20. The summed E-state index contributed by atoms with van der Waals surface area (Å²) < 4.78 is 2.73. The van der Waals surface area contributed by atoms with E-state index in [1.54, 1.807) is 17.0 Å². The van der Waals surface area contributed by atoms with Crippen LogP contribution in [0, 0.1) is 3.57 Å². The molecule has 0 aliphatic carbocycles. The Hall–Kier alpha value is -1.44. The highest BCUT2D eigenvalue weighted by atomic mass is 127. The first-order valence-corrected chi connectivity index (χ1v) is 6.16. The van der Waals surface area contributed by atoms with Crippen molar-refractivity contribution in [2.45, 2.75) is 0 Å². The Labute approximate surface area is 113 Å². The van der Waals surface area contributed by atoms with Gasteiger partial charge in [0, 0.05) is 13.1 Å². The van der Waals surface area contributed by atoms with Gasteiger partial charge in [0.25, 0.3) is 0 Å². The van der Waals surface area contributed by atoms with Gasteiger partial charge in [0.05, 0.1) is 9.77 Å². The van der Waals surface area contributed by atoms with Crippen LogP contribution in [-0.4, -0.2) is 32.7 Å². The van der Waals surface area contributed by atoms with Gasteiger partial charge in [-0.25, -0.2) is 9.97 Å². The quantitative estimate of drug-likeness (QED) is 0.616. The van der Waals surface area contributed by atoms with E-state index >= 15 is 0 Å². The molecule has 0 N–H and O–H groups in total. The van der Waals surface area contributed by atoms with Gasteiger partial charge in [-0.15, -0.1) is 13.2 Å². The second-order valence-electron chi connectivity index (χ2n) is 3.38. The van der Waals surface area contributed by atoms with Crippen LogP contribution in [0.15, 0.2) is 37.8 Å². The Balaban J connectivity index is 2.51. The summed E-state index contributed by atoms with van der Waals surface area (Å²) in [5, 5.41) is 4.28. The first kappa shape index (κ1) is 12.0. The molecule has 6 heteroatoms. The second kappa shape index (κ2) is 5.26. The molecule has 17 heavy (non-hydrogen) atoms. The van der Waals surface area contributed by atoms with Gasteiger partial charge >= 0.3 is 0 Å². The van der Waals surface area contributed by atoms with Crippen molar-refractivity contribution in [1.82, 2.24) is 19.6 Å². The van der Waals surface area contributed by atoms with Crippen LogP contribution < -0.4 is 4.90 Å². The predicted octanol–water partition coefficient (Wildman–Crippen LogP) is 1.91. The van der Waals surface area contributed by atoms with Crippen molar-refractivity contribution in [3.8, 4) is 0 Å². The Morgan fingerprint density at radius 2 is 2.00 bits per heavy atom. The Morgan fingerprint density at radius 3 is 2.65 bits per heavy atom. The molecule has 0 aliphatic heterocycles. The van der Waals surface area contributed by atoms with Crippen molar-refractivity contribution in [2.75, 3.05) is 18.0 Å². The fraction of sp³-hybridized carbons (Fsp3) is 0.182. The Bertz CT molecular complexity index is 538. The maximum atomic E-state index is 4.28. The third-order valence-corrected chi connectivity index (χ3v) is 2.99. The normalized spacial score (nSPS) is 10.4. The molecule has 88 valence electrons. The van der Waals surface area contributed by atoms with Gasteiger partial charge in [-0.2, -0.15) is 9.61 Å². The molecule has 0 bridgehead atoms. The number of aromatic nitrogens is 4. The molecule has 0 amide bonds. The van der Waals surface area contributed by atoms with Gasteiger partial charge in [0.2, 0.25) is 5.95 Å². The molecule has 0 aromatic carbocycles. The SMILES string of the molecule is C=CCN(CC=C)c1ncnc2c(I)cnn12. The van der Waals surface area contributed by atoms with Crippen molar-refractivity contribution in [1.29, 1.82) is 0 Å². The fourth-order valence-corrected chi connectivity index (χ4v) is 2.03. The van der Waals surface area contributed by atoms with Crippen LogP contribution >= 0.6 is 22.6 Å². The van der Waals surface area contributed by atoms with Crippen molar-refractivity contribution >= 4 is 34.2 Å². The third kappa shape index (κ3) is 2.31. The van der Waals surface area contributed by atoms with Gasteiger partial charge in [-0.1, -0.05) is 12.2 Å². The lowest BCUT2D eigenvalue weighted by molar-refractivity contribution is 0.805. The molecule has 0 radical (unpaired) electrons. The number of rotatable bonds is 5. The minimum absolute atomic E-state index is 0.689. The predicted molar refractivity (Wildman–Crippen MR) is 76.1 cm³/mol. The van der Waals surface area contributed by atoms with Crippen molar-refractivity contribution in [3.05, 3.63) is 41.4 Å². The van der Waals surface area contributed by atoms with Gasteiger partial charge in [-0.05, 0) is 22.6 Å². The van der Waals surface area contributed by atoms with Gasteiger partial charge < -0.3 is 4.90 Å². The molecular weight excluding hydrogens is 329 g/mol. The molecule has 2 aromatic heterocycles. The molecule has 0 saturated carbocycles. The van der Waals surface area contributed by atoms with E-state index in [1.165, 1.54) is 0 Å². The molecular formula is C11H12IN5. The highest BCUT2D eigenvalue weighted by molar-refractivity contribution is 14.1. The highest BCUT2D eigenvalue weighted by Gasteiger charge is 2.12. The average molecular weight is 341 g/mol. The van der Waals surface area contributed by atoms with Crippen LogP contribution in [0.5, 0.6) is 0 Å². The van der Waals surface area contributed by atoms with Crippen LogP contribution in [0.1, 0.15) is 0 Å². The molecule has 0 atom stereocenters. The van der Waals surface area contributed by atoms with E-state index in [1.807, 2.05) is 17.1 Å². The topological polar surface area (TPSA) is 46.3 Å². The minimum atomic E-state index is 0.689. The van der Waals surface area contributed by atoms with Crippen molar-refractivity contribution in [3.63, 3.8) is 0 Å². The summed E-state index contributed by atoms with van der Waals surface area (Å²) in [6, 6.07) is 0. The maximum Gasteiger partial charge on any atom is 0.230 e. The van der Waals surface area contributed by atoms with Gasteiger partial charge in [0.1, 0.15) is 6.33 Å². The molecule has 0 aliphatic rings. The van der Waals surface area contributed by atoms with Crippen molar-refractivity contribution < 1.29 is 0 Å². The minimum Gasteiger partial charge on any atom is -0.333 e. The molecule has 0 saturated heterocycles. The van der Waals surface area contributed by atoms with Crippen LogP contribution in [-0.2, 0) is 0 Å². The monoisotopic (exact) mass is 341 g/mol. The summed E-state index contributed by atoms with van der Waals surface area (Å²) in [6.07, 6.45) is 6.97. The van der Waals surface area contributed by atoms with Crippen LogP contribution in [0.2, 0.25) is 0 Å².